The highest BCUT2D eigenvalue weighted by atomic mass is 32.1. The van der Waals surface area contributed by atoms with Gasteiger partial charge < -0.3 is 9.84 Å². The molecule has 1 N–H and O–H groups in total. The van der Waals surface area contributed by atoms with E-state index in [1.54, 1.807) is 36.4 Å². The first kappa shape index (κ1) is 23.3. The molecule has 2 heterocycles. The summed E-state index contributed by atoms with van der Waals surface area (Å²) >= 11 is 0.711. The van der Waals surface area contributed by atoms with E-state index in [-0.39, 0.29) is 24.5 Å². The Morgan fingerprint density at radius 3 is 2.52 bits per heavy atom. The average molecular weight is 476 g/mol. The summed E-state index contributed by atoms with van der Waals surface area (Å²) in [4.78, 5) is 13.0. The van der Waals surface area contributed by atoms with Gasteiger partial charge in [0.05, 0.1) is 0 Å². The van der Waals surface area contributed by atoms with Crippen LogP contribution in [0, 0.1) is 5.92 Å². The molecule has 0 radical (unpaired) electrons. The van der Waals surface area contributed by atoms with Crippen molar-refractivity contribution in [1.82, 2.24) is 4.90 Å². The molecule has 0 bridgehead atoms. The van der Waals surface area contributed by atoms with Gasteiger partial charge in [0, 0.05) is 30.0 Å². The number of rotatable bonds is 8. The number of benzene rings is 2. The van der Waals surface area contributed by atoms with E-state index >= 15 is 0 Å². The summed E-state index contributed by atoms with van der Waals surface area (Å²) < 4.78 is 46.4. The van der Waals surface area contributed by atoms with Gasteiger partial charge in [0.25, 0.3) is 0 Å². The summed E-state index contributed by atoms with van der Waals surface area (Å²) in [5.41, 5.74) is 1.79. The van der Waals surface area contributed by atoms with Crippen molar-refractivity contribution in [3.8, 4) is 16.9 Å². The van der Waals surface area contributed by atoms with Crippen molar-refractivity contribution in [2.24, 2.45) is 5.92 Å². The lowest BCUT2D eigenvalue weighted by molar-refractivity contribution is -0.138. The van der Waals surface area contributed by atoms with Gasteiger partial charge in [0.2, 0.25) is 0 Å². The topological polar surface area (TPSA) is 49.8 Å². The SMILES string of the molecule is O=C(O)C[C@H]1CCN(Cc2ccc(OCc3cc(-c4ccccc4)c(C(F)(F)F)s3)cc2)C1. The molecule has 1 aromatic heterocycles. The average Bonchev–Trinajstić information content (AvgIpc) is 3.40. The number of carboxylic acids is 1. The van der Waals surface area contributed by atoms with Gasteiger partial charge in [-0.25, -0.2) is 0 Å². The Balaban J connectivity index is 1.37. The Morgan fingerprint density at radius 2 is 1.85 bits per heavy atom. The number of alkyl halides is 3. The normalized spacial score (nSPS) is 16.8. The van der Waals surface area contributed by atoms with Crippen LogP contribution >= 0.6 is 11.3 Å². The molecule has 4 nitrogen and oxygen atoms in total. The van der Waals surface area contributed by atoms with Crippen LogP contribution in [0.25, 0.3) is 11.1 Å². The molecule has 1 aliphatic rings. The maximum absolute atomic E-state index is 13.5. The number of likely N-dealkylation sites (tertiary alicyclic amines) is 1. The Morgan fingerprint density at radius 1 is 1.12 bits per heavy atom. The first-order chi connectivity index (χ1) is 15.8. The van der Waals surface area contributed by atoms with E-state index in [9.17, 15) is 18.0 Å². The van der Waals surface area contributed by atoms with Gasteiger partial charge in [-0.3, -0.25) is 9.69 Å². The van der Waals surface area contributed by atoms with Crippen molar-refractivity contribution >= 4 is 17.3 Å². The molecule has 4 rings (SSSR count). The predicted octanol–water partition coefficient (Wildman–Crippen LogP) is 6.31. The van der Waals surface area contributed by atoms with Gasteiger partial charge in [-0.15, -0.1) is 11.3 Å². The first-order valence-electron chi connectivity index (χ1n) is 10.7. The fourth-order valence-corrected chi connectivity index (χ4v) is 5.09. The lowest BCUT2D eigenvalue weighted by Gasteiger charge is -2.16. The number of ether oxygens (including phenoxy) is 1. The molecule has 1 atom stereocenters. The molecule has 1 aliphatic heterocycles. The van der Waals surface area contributed by atoms with Gasteiger partial charge in [0.1, 0.15) is 17.2 Å². The van der Waals surface area contributed by atoms with E-state index in [2.05, 4.69) is 4.90 Å². The smallest absolute Gasteiger partial charge is 0.426 e. The van der Waals surface area contributed by atoms with E-state index < -0.39 is 17.0 Å². The van der Waals surface area contributed by atoms with Crippen molar-refractivity contribution < 1.29 is 27.8 Å². The Hall–Kier alpha value is -2.84. The highest BCUT2D eigenvalue weighted by Gasteiger charge is 2.36. The minimum absolute atomic E-state index is 0.0585. The number of hydrogen-bond acceptors (Lipinski definition) is 4. The number of hydrogen-bond donors (Lipinski definition) is 1. The van der Waals surface area contributed by atoms with E-state index in [0.29, 0.717) is 27.5 Å². The van der Waals surface area contributed by atoms with Crippen LogP contribution in [0.4, 0.5) is 13.2 Å². The molecule has 2 aromatic carbocycles. The van der Waals surface area contributed by atoms with Crippen molar-refractivity contribution in [1.29, 1.82) is 0 Å². The number of carboxylic acid groups (broad SMARTS) is 1. The first-order valence-corrected chi connectivity index (χ1v) is 11.5. The maximum atomic E-state index is 13.5. The summed E-state index contributed by atoms with van der Waals surface area (Å²) in [6, 6.07) is 17.6. The third-order valence-corrected chi connectivity index (χ3v) is 6.82. The van der Waals surface area contributed by atoms with Crippen LogP contribution in [-0.4, -0.2) is 29.1 Å². The Kier molecular flexibility index (Phi) is 7.05. The van der Waals surface area contributed by atoms with Crippen LogP contribution < -0.4 is 4.74 Å². The van der Waals surface area contributed by atoms with Gasteiger partial charge in [-0.1, -0.05) is 42.5 Å². The number of aliphatic carboxylic acids is 1. The molecule has 0 spiro atoms. The minimum atomic E-state index is -4.42. The highest BCUT2D eigenvalue weighted by Crippen LogP contribution is 2.43. The van der Waals surface area contributed by atoms with E-state index in [1.807, 2.05) is 24.3 Å². The summed E-state index contributed by atoms with van der Waals surface area (Å²) in [5.74, 6) is 0.0257. The van der Waals surface area contributed by atoms with Crippen molar-refractivity contribution in [2.75, 3.05) is 13.1 Å². The summed E-state index contributed by atoms with van der Waals surface area (Å²) in [5, 5.41) is 8.94. The number of nitrogens with zero attached hydrogens (tertiary/aromatic N) is 1. The van der Waals surface area contributed by atoms with Crippen LogP contribution in [0.1, 0.15) is 28.2 Å². The van der Waals surface area contributed by atoms with Crippen molar-refractivity contribution in [3.05, 3.63) is 76.0 Å². The molecule has 8 heteroatoms. The molecule has 33 heavy (non-hydrogen) atoms. The zero-order valence-electron chi connectivity index (χ0n) is 17.8. The molecule has 0 unspecified atom stereocenters. The second kappa shape index (κ2) is 9.97. The second-order valence-corrected chi connectivity index (χ2v) is 9.38. The van der Waals surface area contributed by atoms with E-state index in [4.69, 9.17) is 9.84 Å². The van der Waals surface area contributed by atoms with Gasteiger partial charge in [-0.2, -0.15) is 13.2 Å². The molecule has 1 fully saturated rings. The molecule has 0 amide bonds. The third-order valence-electron chi connectivity index (χ3n) is 5.67. The quantitative estimate of drug-likeness (QED) is 0.415. The standard InChI is InChI=1S/C25H24F3NO3S/c26-25(27,28)24-22(19-4-2-1-3-5-19)13-21(33-24)16-32-20-8-6-17(7-9-20)14-29-11-10-18(15-29)12-23(30)31/h1-9,13,18H,10-12,14-16H2,(H,30,31)/t18-/m1/s1. The number of halogens is 3. The van der Waals surface area contributed by atoms with Crippen LogP contribution in [0.3, 0.4) is 0 Å². The summed E-state index contributed by atoms with van der Waals surface area (Å²) in [6.07, 6.45) is -3.33. The van der Waals surface area contributed by atoms with Gasteiger partial charge in [-0.05, 0) is 48.2 Å². The maximum Gasteiger partial charge on any atom is 0.426 e. The second-order valence-electron chi connectivity index (χ2n) is 8.24. The van der Waals surface area contributed by atoms with Gasteiger partial charge >= 0.3 is 12.1 Å². The van der Waals surface area contributed by atoms with E-state index in [0.717, 1.165) is 31.6 Å². The third kappa shape index (κ3) is 6.15. The largest absolute Gasteiger partial charge is 0.488 e. The van der Waals surface area contributed by atoms with E-state index in [1.165, 1.54) is 0 Å². The summed E-state index contributed by atoms with van der Waals surface area (Å²) in [7, 11) is 0. The zero-order valence-corrected chi connectivity index (χ0v) is 18.7. The number of thiophene rings is 1. The van der Waals surface area contributed by atoms with Crippen molar-refractivity contribution in [3.63, 3.8) is 0 Å². The monoisotopic (exact) mass is 475 g/mol. The molecular formula is C25H24F3NO3S. The molecular weight excluding hydrogens is 451 g/mol. The lowest BCUT2D eigenvalue weighted by Crippen LogP contribution is -2.20. The van der Waals surface area contributed by atoms with Gasteiger partial charge in [0.15, 0.2) is 0 Å². The van der Waals surface area contributed by atoms with Crippen LogP contribution in [0.2, 0.25) is 0 Å². The zero-order chi connectivity index (χ0) is 23.4. The fourth-order valence-electron chi connectivity index (χ4n) is 4.13. The van der Waals surface area contributed by atoms with Crippen molar-refractivity contribution in [2.45, 2.75) is 32.2 Å². The molecule has 0 saturated carbocycles. The number of carbonyl (C=O) groups is 1. The predicted molar refractivity (Wildman–Crippen MR) is 121 cm³/mol. The molecule has 174 valence electrons. The molecule has 1 saturated heterocycles. The Bertz CT molecular complexity index is 1080. The fraction of sp³-hybridized carbons (Fsp3) is 0.320. The van der Waals surface area contributed by atoms with Crippen LogP contribution in [-0.2, 0) is 24.1 Å². The lowest BCUT2D eigenvalue weighted by atomic mass is 10.1. The summed E-state index contributed by atoms with van der Waals surface area (Å²) in [6.45, 7) is 2.44. The molecule has 0 aliphatic carbocycles. The van der Waals surface area contributed by atoms with Crippen LogP contribution in [0.5, 0.6) is 5.75 Å². The van der Waals surface area contributed by atoms with Crippen LogP contribution in [0.15, 0.2) is 60.7 Å². The highest BCUT2D eigenvalue weighted by molar-refractivity contribution is 7.12. The minimum Gasteiger partial charge on any atom is -0.488 e. The molecule has 3 aromatic rings. The Labute approximate surface area is 194 Å².